The number of nitrogens with zero attached hydrogens (tertiary/aromatic N) is 2. The van der Waals surface area contributed by atoms with Crippen molar-refractivity contribution in [3.63, 3.8) is 0 Å². The third-order valence-corrected chi connectivity index (χ3v) is 3.12. The third-order valence-electron chi connectivity index (χ3n) is 2.22. The van der Waals surface area contributed by atoms with Crippen LogP contribution in [0.2, 0.25) is 0 Å². The Hall–Kier alpha value is -1.63. The number of nitrogens with one attached hydrogen (secondary N) is 1. The van der Waals surface area contributed by atoms with Crippen LogP contribution < -0.4 is 11.3 Å². The van der Waals surface area contributed by atoms with Gasteiger partial charge in [0.25, 0.3) is 0 Å². The molecule has 0 spiro atoms. The number of aliphatic hydroxyl groups excluding tert-OH is 1. The van der Waals surface area contributed by atoms with E-state index in [2.05, 4.69) is 15.4 Å². The first-order chi connectivity index (χ1) is 8.83. The molecule has 0 saturated heterocycles. The molecular formula is C12H14N4OS. The summed E-state index contributed by atoms with van der Waals surface area (Å²) in [5.74, 6) is 7.16. The molecule has 0 radical (unpaired) electrons. The minimum absolute atomic E-state index is 0.112. The van der Waals surface area contributed by atoms with Gasteiger partial charge >= 0.3 is 0 Å². The molecule has 0 aliphatic heterocycles. The van der Waals surface area contributed by atoms with Gasteiger partial charge in [-0.2, -0.15) is 0 Å². The molecule has 4 N–H and O–H groups in total. The topological polar surface area (TPSA) is 84.1 Å². The Balaban J connectivity index is 2.35. The van der Waals surface area contributed by atoms with Gasteiger partial charge < -0.3 is 10.5 Å². The van der Waals surface area contributed by atoms with E-state index in [1.54, 1.807) is 6.07 Å². The van der Waals surface area contributed by atoms with Gasteiger partial charge in [-0.15, -0.1) is 11.8 Å². The van der Waals surface area contributed by atoms with Crippen LogP contribution >= 0.6 is 11.8 Å². The molecule has 0 bridgehead atoms. The van der Waals surface area contributed by atoms with E-state index in [0.29, 0.717) is 17.4 Å². The van der Waals surface area contributed by atoms with Crippen molar-refractivity contribution in [2.45, 2.75) is 5.03 Å². The molecular weight excluding hydrogens is 248 g/mol. The maximum Gasteiger partial charge on any atom is 0.162 e. The largest absolute Gasteiger partial charge is 0.396 e. The summed E-state index contributed by atoms with van der Waals surface area (Å²) in [6, 6.07) is 11.4. The number of anilines is 1. The minimum atomic E-state index is 0.112. The van der Waals surface area contributed by atoms with Gasteiger partial charge in [-0.05, 0) is 0 Å². The van der Waals surface area contributed by atoms with Crippen LogP contribution in [0.1, 0.15) is 0 Å². The van der Waals surface area contributed by atoms with Gasteiger partial charge in [-0.1, -0.05) is 30.3 Å². The summed E-state index contributed by atoms with van der Waals surface area (Å²) in [4.78, 5) is 8.74. The SMILES string of the molecule is NNc1cc(SCCO)nc(-c2ccccc2)n1. The van der Waals surface area contributed by atoms with Crippen LogP contribution in [0.3, 0.4) is 0 Å². The van der Waals surface area contributed by atoms with Crippen LogP contribution in [0, 0.1) is 0 Å². The molecule has 0 unspecified atom stereocenters. The molecule has 0 fully saturated rings. The predicted octanol–water partition coefficient (Wildman–Crippen LogP) is 1.51. The highest BCUT2D eigenvalue weighted by Crippen LogP contribution is 2.22. The van der Waals surface area contributed by atoms with Crippen molar-refractivity contribution in [1.29, 1.82) is 0 Å². The minimum Gasteiger partial charge on any atom is -0.396 e. The smallest absolute Gasteiger partial charge is 0.162 e. The molecule has 1 aromatic carbocycles. The van der Waals surface area contributed by atoms with Crippen molar-refractivity contribution in [2.24, 2.45) is 5.84 Å². The van der Waals surface area contributed by atoms with Gasteiger partial charge in [-0.25, -0.2) is 15.8 Å². The fourth-order valence-electron chi connectivity index (χ4n) is 1.44. The Bertz CT molecular complexity index is 507. The molecule has 0 aliphatic rings. The van der Waals surface area contributed by atoms with Gasteiger partial charge in [0.05, 0.1) is 6.61 Å². The van der Waals surface area contributed by atoms with Crippen LogP contribution in [0.15, 0.2) is 41.4 Å². The summed E-state index contributed by atoms with van der Waals surface area (Å²) in [7, 11) is 0. The van der Waals surface area contributed by atoms with E-state index < -0.39 is 0 Å². The molecule has 94 valence electrons. The predicted molar refractivity (Wildman–Crippen MR) is 73.1 cm³/mol. The normalized spacial score (nSPS) is 10.3. The summed E-state index contributed by atoms with van der Waals surface area (Å²) in [5.41, 5.74) is 3.46. The number of benzene rings is 1. The van der Waals surface area contributed by atoms with Crippen LogP contribution in [-0.4, -0.2) is 27.4 Å². The molecule has 18 heavy (non-hydrogen) atoms. The Morgan fingerprint density at radius 3 is 2.67 bits per heavy atom. The highest BCUT2D eigenvalue weighted by Gasteiger charge is 2.06. The summed E-state index contributed by atoms with van der Waals surface area (Å²) in [5, 5.41) is 9.62. The standard InChI is InChI=1S/C12H14N4OS/c13-16-10-8-11(18-7-6-17)15-12(14-10)9-4-2-1-3-5-9/h1-5,8,17H,6-7,13H2,(H,14,15,16). The lowest BCUT2D eigenvalue weighted by Gasteiger charge is -2.07. The molecule has 2 rings (SSSR count). The first-order valence-corrected chi connectivity index (χ1v) is 6.47. The van der Waals surface area contributed by atoms with Gasteiger partial charge in [0.2, 0.25) is 0 Å². The zero-order valence-electron chi connectivity index (χ0n) is 9.71. The van der Waals surface area contributed by atoms with Crippen molar-refractivity contribution in [1.82, 2.24) is 9.97 Å². The number of hydrogen-bond acceptors (Lipinski definition) is 6. The number of hydrazine groups is 1. The molecule has 0 aliphatic carbocycles. The number of aromatic nitrogens is 2. The maximum absolute atomic E-state index is 8.84. The summed E-state index contributed by atoms with van der Waals surface area (Å²) < 4.78 is 0. The summed E-state index contributed by atoms with van der Waals surface area (Å²) in [6.07, 6.45) is 0. The quantitative estimate of drug-likeness (QED) is 0.328. The summed E-state index contributed by atoms with van der Waals surface area (Å²) in [6.45, 7) is 0.112. The Morgan fingerprint density at radius 2 is 2.00 bits per heavy atom. The van der Waals surface area contributed by atoms with Gasteiger partial charge in [0.15, 0.2) is 5.82 Å². The van der Waals surface area contributed by atoms with Crippen LogP contribution in [0.25, 0.3) is 11.4 Å². The molecule has 1 heterocycles. The third kappa shape index (κ3) is 3.19. The Morgan fingerprint density at radius 1 is 1.22 bits per heavy atom. The van der Waals surface area contributed by atoms with Crippen molar-refractivity contribution in [3.8, 4) is 11.4 Å². The number of thioether (sulfide) groups is 1. The average Bonchev–Trinajstić information content (AvgIpc) is 2.45. The highest BCUT2D eigenvalue weighted by molar-refractivity contribution is 7.99. The first kappa shape index (κ1) is 12.8. The zero-order chi connectivity index (χ0) is 12.8. The number of hydrogen-bond donors (Lipinski definition) is 3. The van der Waals surface area contributed by atoms with Crippen LogP contribution in [0.4, 0.5) is 5.82 Å². The van der Waals surface area contributed by atoms with Gasteiger partial charge in [-0.3, -0.25) is 0 Å². The fourth-order valence-corrected chi connectivity index (χ4v) is 2.09. The Kier molecular flexibility index (Phi) is 4.52. The number of rotatable bonds is 5. The van der Waals surface area contributed by atoms with Crippen molar-refractivity contribution >= 4 is 17.6 Å². The van der Waals surface area contributed by atoms with Gasteiger partial charge in [0.1, 0.15) is 10.8 Å². The van der Waals surface area contributed by atoms with E-state index in [9.17, 15) is 0 Å². The number of nitrogen functional groups attached to an aromatic ring is 1. The second kappa shape index (κ2) is 6.34. The van der Waals surface area contributed by atoms with Gasteiger partial charge in [0, 0.05) is 17.4 Å². The van der Waals surface area contributed by atoms with Crippen LogP contribution in [0.5, 0.6) is 0 Å². The van der Waals surface area contributed by atoms with Crippen molar-refractivity contribution in [2.75, 3.05) is 17.8 Å². The fraction of sp³-hybridized carbons (Fsp3) is 0.167. The average molecular weight is 262 g/mol. The molecule has 1 aromatic heterocycles. The van der Waals surface area contributed by atoms with E-state index in [1.807, 2.05) is 30.3 Å². The van der Waals surface area contributed by atoms with E-state index in [1.165, 1.54) is 11.8 Å². The van der Waals surface area contributed by atoms with E-state index in [4.69, 9.17) is 10.9 Å². The highest BCUT2D eigenvalue weighted by atomic mass is 32.2. The monoisotopic (exact) mass is 262 g/mol. The summed E-state index contributed by atoms with van der Waals surface area (Å²) >= 11 is 1.46. The maximum atomic E-state index is 8.84. The van der Waals surface area contributed by atoms with Crippen molar-refractivity contribution in [3.05, 3.63) is 36.4 Å². The van der Waals surface area contributed by atoms with E-state index in [0.717, 1.165) is 10.6 Å². The molecule has 5 nitrogen and oxygen atoms in total. The molecule has 2 aromatic rings. The second-order valence-electron chi connectivity index (χ2n) is 3.50. The molecule has 0 amide bonds. The number of aliphatic hydroxyl groups is 1. The molecule has 6 heteroatoms. The Labute approximate surface area is 109 Å². The lowest BCUT2D eigenvalue weighted by molar-refractivity contribution is 0.322. The lowest BCUT2D eigenvalue weighted by Crippen LogP contribution is -2.09. The van der Waals surface area contributed by atoms with E-state index >= 15 is 0 Å². The second-order valence-corrected chi connectivity index (χ2v) is 4.61. The molecule has 0 saturated carbocycles. The molecule has 0 atom stereocenters. The van der Waals surface area contributed by atoms with E-state index in [-0.39, 0.29) is 6.61 Å². The number of nitrogens with two attached hydrogens (primary N) is 1. The van der Waals surface area contributed by atoms with Crippen LogP contribution in [-0.2, 0) is 0 Å². The lowest BCUT2D eigenvalue weighted by atomic mass is 10.2. The zero-order valence-corrected chi connectivity index (χ0v) is 10.5. The van der Waals surface area contributed by atoms with Crippen molar-refractivity contribution < 1.29 is 5.11 Å². The first-order valence-electron chi connectivity index (χ1n) is 5.48.